The lowest BCUT2D eigenvalue weighted by Gasteiger charge is -2.33. The van der Waals surface area contributed by atoms with Gasteiger partial charge in [-0.3, -0.25) is 10.6 Å². The first-order valence-corrected chi connectivity index (χ1v) is 3.87. The molecular weight excluding hydrogens is 150 g/mol. The van der Waals surface area contributed by atoms with Crippen LogP contribution in [0.1, 0.15) is 20.3 Å². The normalized spacial score (nSPS) is 33.8. The fourth-order valence-corrected chi connectivity index (χ4v) is 1.20. The molecule has 1 fully saturated rings. The highest BCUT2D eigenvalue weighted by atomic mass is 19.3. The summed E-state index contributed by atoms with van der Waals surface area (Å²) in [5, 5.41) is 5.52. The Balaban J connectivity index is 2.46. The molecule has 0 aliphatic carbocycles. The monoisotopic (exact) mass is 164 g/mol. The van der Waals surface area contributed by atoms with Gasteiger partial charge in [-0.05, 0) is 19.9 Å². The topological polar surface area (TPSA) is 24.1 Å². The second-order valence-electron chi connectivity index (χ2n) is 3.20. The molecule has 2 nitrogen and oxygen atoms in total. The highest BCUT2D eigenvalue weighted by molar-refractivity contribution is 4.84. The molecule has 0 aromatic carbocycles. The zero-order chi connectivity index (χ0) is 8.48. The standard InChI is InChI=1S/C7H14F2N2/c1-5-3-4-10-6(11-5)7(2,8)9/h5-6,10-11H,3-4H2,1-2H3. The first-order chi connectivity index (χ1) is 5.00. The highest BCUT2D eigenvalue weighted by Crippen LogP contribution is 2.17. The van der Waals surface area contributed by atoms with E-state index in [-0.39, 0.29) is 6.04 Å². The van der Waals surface area contributed by atoms with Crippen LogP contribution in [0.15, 0.2) is 0 Å². The van der Waals surface area contributed by atoms with E-state index in [4.69, 9.17) is 0 Å². The summed E-state index contributed by atoms with van der Waals surface area (Å²) in [6, 6.07) is 0.187. The van der Waals surface area contributed by atoms with Gasteiger partial charge in [-0.2, -0.15) is 0 Å². The molecule has 0 bridgehead atoms. The molecule has 0 spiro atoms. The summed E-state index contributed by atoms with van der Waals surface area (Å²) < 4.78 is 25.3. The van der Waals surface area contributed by atoms with Gasteiger partial charge in [0, 0.05) is 13.0 Å². The van der Waals surface area contributed by atoms with Gasteiger partial charge in [0.2, 0.25) is 0 Å². The van der Waals surface area contributed by atoms with E-state index < -0.39 is 12.1 Å². The van der Waals surface area contributed by atoms with Gasteiger partial charge in [0.15, 0.2) is 0 Å². The molecule has 2 atom stereocenters. The Labute approximate surface area is 65.4 Å². The lowest BCUT2D eigenvalue weighted by molar-refractivity contribution is -0.0402. The van der Waals surface area contributed by atoms with Gasteiger partial charge in [-0.1, -0.05) is 0 Å². The Bertz CT molecular complexity index is 133. The van der Waals surface area contributed by atoms with E-state index in [1.165, 1.54) is 0 Å². The van der Waals surface area contributed by atoms with Gasteiger partial charge >= 0.3 is 0 Å². The number of rotatable bonds is 1. The number of hydrogen-bond donors (Lipinski definition) is 2. The quantitative estimate of drug-likeness (QED) is 0.602. The molecule has 1 saturated heterocycles. The van der Waals surface area contributed by atoms with Gasteiger partial charge in [0.05, 0.1) is 0 Å². The fourth-order valence-electron chi connectivity index (χ4n) is 1.20. The minimum Gasteiger partial charge on any atom is -0.297 e. The van der Waals surface area contributed by atoms with Crippen LogP contribution >= 0.6 is 0 Å². The Hall–Kier alpha value is -0.220. The molecule has 1 aliphatic heterocycles. The van der Waals surface area contributed by atoms with Crippen LogP contribution in [-0.4, -0.2) is 24.7 Å². The summed E-state index contributed by atoms with van der Waals surface area (Å²) in [5.74, 6) is -2.67. The van der Waals surface area contributed by atoms with Crippen molar-refractivity contribution in [3.05, 3.63) is 0 Å². The van der Waals surface area contributed by atoms with Crippen molar-refractivity contribution >= 4 is 0 Å². The molecule has 2 N–H and O–H groups in total. The summed E-state index contributed by atoms with van der Waals surface area (Å²) in [6.07, 6.45) is 0.0540. The molecule has 11 heavy (non-hydrogen) atoms. The molecule has 1 heterocycles. The zero-order valence-electron chi connectivity index (χ0n) is 6.82. The minimum absolute atomic E-state index is 0.187. The summed E-state index contributed by atoms with van der Waals surface area (Å²) in [6.45, 7) is 3.51. The van der Waals surface area contributed by atoms with E-state index in [0.29, 0.717) is 6.54 Å². The van der Waals surface area contributed by atoms with Gasteiger partial charge in [-0.15, -0.1) is 0 Å². The third-order valence-corrected chi connectivity index (χ3v) is 1.88. The van der Waals surface area contributed by atoms with Crippen LogP contribution in [-0.2, 0) is 0 Å². The summed E-state index contributed by atoms with van der Waals surface area (Å²) in [7, 11) is 0. The Morgan fingerprint density at radius 3 is 2.45 bits per heavy atom. The van der Waals surface area contributed by atoms with E-state index >= 15 is 0 Å². The predicted molar refractivity (Wildman–Crippen MR) is 39.6 cm³/mol. The average Bonchev–Trinajstić information content (AvgIpc) is 1.86. The molecule has 0 radical (unpaired) electrons. The number of alkyl halides is 2. The molecule has 2 unspecified atom stereocenters. The van der Waals surface area contributed by atoms with E-state index in [9.17, 15) is 8.78 Å². The largest absolute Gasteiger partial charge is 0.297 e. The van der Waals surface area contributed by atoms with Gasteiger partial charge in [0.25, 0.3) is 5.92 Å². The van der Waals surface area contributed by atoms with Crippen molar-refractivity contribution < 1.29 is 8.78 Å². The third kappa shape index (κ3) is 2.38. The molecular formula is C7H14F2N2. The van der Waals surface area contributed by atoms with E-state index in [1.54, 1.807) is 0 Å². The van der Waals surface area contributed by atoms with Crippen LogP contribution in [0.2, 0.25) is 0 Å². The van der Waals surface area contributed by atoms with Gasteiger partial charge < -0.3 is 0 Å². The molecule has 0 aromatic heterocycles. The summed E-state index contributed by atoms with van der Waals surface area (Å²) in [4.78, 5) is 0. The molecule has 0 amide bonds. The maximum absolute atomic E-state index is 12.7. The number of nitrogens with one attached hydrogen (secondary N) is 2. The summed E-state index contributed by atoms with van der Waals surface area (Å²) in [5.41, 5.74) is 0. The smallest absolute Gasteiger partial charge is 0.273 e. The molecule has 1 rings (SSSR count). The van der Waals surface area contributed by atoms with Crippen LogP contribution in [0, 0.1) is 0 Å². The molecule has 0 saturated carbocycles. The van der Waals surface area contributed by atoms with Crippen molar-refractivity contribution in [2.24, 2.45) is 0 Å². The maximum Gasteiger partial charge on any atom is 0.273 e. The highest BCUT2D eigenvalue weighted by Gasteiger charge is 2.36. The zero-order valence-corrected chi connectivity index (χ0v) is 6.82. The van der Waals surface area contributed by atoms with Crippen molar-refractivity contribution in [2.75, 3.05) is 6.54 Å². The molecule has 66 valence electrons. The SMILES string of the molecule is CC1CCNC(C(C)(F)F)N1. The van der Waals surface area contributed by atoms with Crippen molar-refractivity contribution in [3.8, 4) is 0 Å². The second kappa shape index (κ2) is 3.03. The van der Waals surface area contributed by atoms with Gasteiger partial charge in [-0.25, -0.2) is 8.78 Å². The Morgan fingerprint density at radius 1 is 1.45 bits per heavy atom. The Kier molecular flexibility index (Phi) is 2.44. The Morgan fingerprint density at radius 2 is 2.09 bits per heavy atom. The predicted octanol–water partition coefficient (Wildman–Crippen LogP) is 0.939. The van der Waals surface area contributed by atoms with E-state index in [0.717, 1.165) is 13.3 Å². The second-order valence-corrected chi connectivity index (χ2v) is 3.20. The van der Waals surface area contributed by atoms with E-state index in [1.807, 2.05) is 6.92 Å². The minimum atomic E-state index is -2.67. The number of halogens is 2. The lowest BCUT2D eigenvalue weighted by atomic mass is 10.1. The first-order valence-electron chi connectivity index (χ1n) is 3.87. The van der Waals surface area contributed by atoms with Crippen molar-refractivity contribution in [3.63, 3.8) is 0 Å². The van der Waals surface area contributed by atoms with Crippen molar-refractivity contribution in [2.45, 2.75) is 38.4 Å². The van der Waals surface area contributed by atoms with Crippen molar-refractivity contribution in [1.82, 2.24) is 10.6 Å². The summed E-state index contributed by atoms with van der Waals surface area (Å²) >= 11 is 0. The van der Waals surface area contributed by atoms with Crippen LogP contribution in [0.5, 0.6) is 0 Å². The first kappa shape index (κ1) is 8.87. The molecule has 4 heteroatoms. The van der Waals surface area contributed by atoms with Crippen molar-refractivity contribution in [1.29, 1.82) is 0 Å². The molecule has 1 aliphatic rings. The number of hydrogen-bond acceptors (Lipinski definition) is 2. The fraction of sp³-hybridized carbons (Fsp3) is 1.00. The maximum atomic E-state index is 12.7. The molecule has 0 aromatic rings. The van der Waals surface area contributed by atoms with E-state index in [2.05, 4.69) is 10.6 Å². The lowest BCUT2D eigenvalue weighted by Crippen LogP contribution is -2.60. The van der Waals surface area contributed by atoms with Crippen LogP contribution in [0.25, 0.3) is 0 Å². The van der Waals surface area contributed by atoms with Crippen LogP contribution in [0.3, 0.4) is 0 Å². The van der Waals surface area contributed by atoms with Crippen LogP contribution < -0.4 is 10.6 Å². The van der Waals surface area contributed by atoms with Gasteiger partial charge in [0.1, 0.15) is 6.17 Å². The van der Waals surface area contributed by atoms with Crippen LogP contribution in [0.4, 0.5) is 8.78 Å². The third-order valence-electron chi connectivity index (χ3n) is 1.88. The average molecular weight is 164 g/mol.